The van der Waals surface area contributed by atoms with Gasteiger partial charge < -0.3 is 14.8 Å². The van der Waals surface area contributed by atoms with Gasteiger partial charge in [0.1, 0.15) is 18.4 Å². The van der Waals surface area contributed by atoms with Crippen LogP contribution in [0.1, 0.15) is 18.4 Å². The minimum absolute atomic E-state index is 0.105. The van der Waals surface area contributed by atoms with Crippen LogP contribution in [0.5, 0.6) is 5.75 Å². The van der Waals surface area contributed by atoms with Crippen LogP contribution in [0.25, 0.3) is 0 Å². The topological polar surface area (TPSA) is 77.1 Å². The lowest BCUT2D eigenvalue weighted by Crippen LogP contribution is -2.54. The summed E-state index contributed by atoms with van der Waals surface area (Å²) < 4.78 is 7.97. The number of rotatable bonds is 6. The maximum Gasteiger partial charge on any atom is 0.437 e. The second-order valence-corrected chi connectivity index (χ2v) is 9.58. The molecule has 1 fully saturated rings. The highest BCUT2D eigenvalue weighted by atomic mass is 35.6. The Morgan fingerprint density at radius 1 is 1.03 bits per heavy atom. The van der Waals surface area contributed by atoms with Crippen molar-refractivity contribution in [3.8, 4) is 5.75 Å². The largest absolute Gasteiger partial charge is 0.437 e. The molecule has 1 N–H and O–H groups in total. The van der Waals surface area contributed by atoms with Crippen LogP contribution in [-0.2, 0) is 21.0 Å². The van der Waals surface area contributed by atoms with Gasteiger partial charge in [-0.2, -0.15) is 5.06 Å². The molecule has 7 nitrogen and oxygen atoms in total. The predicted octanol–water partition coefficient (Wildman–Crippen LogP) is 5.26. The zero-order valence-corrected chi connectivity index (χ0v) is 19.7. The quantitative estimate of drug-likeness (QED) is 0.242. The summed E-state index contributed by atoms with van der Waals surface area (Å²) in [6.07, 6.45) is -0.129. The van der Waals surface area contributed by atoms with Gasteiger partial charge in [0.05, 0.1) is 6.04 Å². The number of carbonyl (C=O) groups is 2. The lowest BCUT2D eigenvalue weighted by Gasteiger charge is -2.35. The van der Waals surface area contributed by atoms with E-state index in [1.807, 2.05) is 30.3 Å². The number of halogens is 4. The Kier molecular flexibility index (Phi) is 8.87. The summed E-state index contributed by atoms with van der Waals surface area (Å²) in [5.74, 6) is -0.0474. The van der Waals surface area contributed by atoms with Crippen molar-refractivity contribution in [3.63, 3.8) is 0 Å². The van der Waals surface area contributed by atoms with Gasteiger partial charge in [0.25, 0.3) is 0 Å². The number of alkyl halides is 3. The third kappa shape index (κ3) is 7.69. The fourth-order valence-electron chi connectivity index (χ4n) is 3.10. The summed E-state index contributed by atoms with van der Waals surface area (Å²) in [5, 5.41) is 4.64. The maximum atomic E-state index is 12.6. The molecule has 32 heavy (non-hydrogen) atoms. The molecular formula is C21H20Cl4N2O5. The summed E-state index contributed by atoms with van der Waals surface area (Å²) in [6, 6.07) is 14.7. The highest BCUT2D eigenvalue weighted by Crippen LogP contribution is 2.29. The van der Waals surface area contributed by atoms with Gasteiger partial charge in [-0.05, 0) is 77.5 Å². The van der Waals surface area contributed by atoms with Crippen molar-refractivity contribution in [2.75, 3.05) is 6.54 Å². The second kappa shape index (κ2) is 11.4. The molecule has 2 atom stereocenters. The average molecular weight is 522 g/mol. The van der Waals surface area contributed by atoms with Gasteiger partial charge in [-0.15, -0.1) is 0 Å². The molecule has 1 aliphatic heterocycles. The summed E-state index contributed by atoms with van der Waals surface area (Å²) >= 11 is 22.6. The zero-order valence-electron chi connectivity index (χ0n) is 16.7. The van der Waals surface area contributed by atoms with Gasteiger partial charge >= 0.3 is 16.0 Å². The van der Waals surface area contributed by atoms with Gasteiger partial charge in [0.2, 0.25) is 0 Å². The fourth-order valence-corrected chi connectivity index (χ4v) is 3.43. The molecule has 3 rings (SSSR count). The molecule has 1 saturated heterocycles. The summed E-state index contributed by atoms with van der Waals surface area (Å²) in [4.78, 5) is 30.7. The number of nitrogens with zero attached hydrogens (tertiary/aromatic N) is 1. The van der Waals surface area contributed by atoms with Gasteiger partial charge in [-0.25, -0.2) is 9.59 Å². The Labute approximate surface area is 205 Å². The van der Waals surface area contributed by atoms with Crippen molar-refractivity contribution >= 4 is 58.5 Å². The Hall–Kier alpha value is -1.74. The molecular weight excluding hydrogens is 502 g/mol. The van der Waals surface area contributed by atoms with E-state index in [1.54, 1.807) is 24.3 Å². The number of hydroxylamine groups is 2. The second-order valence-electron chi connectivity index (χ2n) is 6.97. The molecule has 0 aromatic heterocycles. The molecule has 0 unspecified atom stereocenters. The van der Waals surface area contributed by atoms with E-state index in [-0.39, 0.29) is 13.2 Å². The van der Waals surface area contributed by atoms with E-state index >= 15 is 0 Å². The number of ether oxygens (including phenoxy) is 2. The SMILES string of the molecule is O=C(Oc1ccc(Cl)cc1)[C@@H]1CC[C@@H](N(OCc2ccccc2)C(=O)OC(Cl)(Cl)Cl)CN1. The Morgan fingerprint density at radius 3 is 2.31 bits per heavy atom. The first-order chi connectivity index (χ1) is 15.2. The Balaban J connectivity index is 1.60. The van der Waals surface area contributed by atoms with Crippen molar-refractivity contribution in [3.05, 3.63) is 65.2 Å². The minimum atomic E-state index is -2.24. The van der Waals surface area contributed by atoms with Crippen molar-refractivity contribution in [1.82, 2.24) is 10.4 Å². The van der Waals surface area contributed by atoms with E-state index in [0.29, 0.717) is 23.6 Å². The third-order valence-electron chi connectivity index (χ3n) is 4.63. The normalized spacial score (nSPS) is 18.6. The number of hydrogen-bond acceptors (Lipinski definition) is 6. The predicted molar refractivity (Wildman–Crippen MR) is 122 cm³/mol. The highest BCUT2D eigenvalue weighted by Gasteiger charge is 2.37. The van der Waals surface area contributed by atoms with Gasteiger partial charge in [-0.3, -0.25) is 4.84 Å². The van der Waals surface area contributed by atoms with E-state index in [4.69, 9.17) is 60.7 Å². The number of benzene rings is 2. The first-order valence-corrected chi connectivity index (χ1v) is 11.2. The van der Waals surface area contributed by atoms with E-state index in [9.17, 15) is 9.59 Å². The third-order valence-corrected chi connectivity index (χ3v) is 5.12. The lowest BCUT2D eigenvalue weighted by atomic mass is 10.0. The van der Waals surface area contributed by atoms with E-state index in [1.165, 1.54) is 0 Å². The van der Waals surface area contributed by atoms with Crippen LogP contribution >= 0.6 is 46.4 Å². The average Bonchev–Trinajstić information content (AvgIpc) is 2.75. The highest BCUT2D eigenvalue weighted by molar-refractivity contribution is 6.66. The van der Waals surface area contributed by atoms with Crippen molar-refractivity contribution in [2.24, 2.45) is 0 Å². The number of piperidine rings is 1. The summed E-state index contributed by atoms with van der Waals surface area (Å²) in [6.45, 7) is 0.346. The molecule has 2 aromatic carbocycles. The fraction of sp³-hybridized carbons (Fsp3) is 0.333. The maximum absolute atomic E-state index is 12.6. The van der Waals surface area contributed by atoms with Gasteiger partial charge in [-0.1, -0.05) is 41.9 Å². The Bertz CT molecular complexity index is 901. The molecule has 1 amide bonds. The molecule has 172 valence electrons. The molecule has 0 bridgehead atoms. The van der Waals surface area contributed by atoms with Crippen molar-refractivity contribution in [2.45, 2.75) is 35.5 Å². The molecule has 1 aliphatic rings. The van der Waals surface area contributed by atoms with Crippen LogP contribution in [0.3, 0.4) is 0 Å². The molecule has 0 spiro atoms. The zero-order chi connectivity index (χ0) is 23.1. The molecule has 1 heterocycles. The summed E-state index contributed by atoms with van der Waals surface area (Å²) in [5.41, 5.74) is 0.840. The van der Waals surface area contributed by atoms with E-state index in [2.05, 4.69) is 5.32 Å². The van der Waals surface area contributed by atoms with E-state index in [0.717, 1.165) is 10.6 Å². The van der Waals surface area contributed by atoms with Crippen LogP contribution in [0.4, 0.5) is 4.79 Å². The van der Waals surface area contributed by atoms with Crippen molar-refractivity contribution < 1.29 is 23.9 Å². The van der Waals surface area contributed by atoms with Gasteiger partial charge in [0, 0.05) is 11.6 Å². The number of nitrogens with one attached hydrogen (secondary N) is 1. The molecule has 0 radical (unpaired) electrons. The Morgan fingerprint density at radius 2 is 1.72 bits per heavy atom. The van der Waals surface area contributed by atoms with Crippen LogP contribution in [0.15, 0.2) is 54.6 Å². The molecule has 2 aromatic rings. The van der Waals surface area contributed by atoms with Crippen LogP contribution in [-0.4, -0.2) is 39.7 Å². The first-order valence-electron chi connectivity index (χ1n) is 9.67. The minimum Gasteiger partial charge on any atom is -0.425 e. The van der Waals surface area contributed by atoms with Gasteiger partial charge in [0.15, 0.2) is 0 Å². The smallest absolute Gasteiger partial charge is 0.425 e. The van der Waals surface area contributed by atoms with Crippen molar-refractivity contribution in [1.29, 1.82) is 0 Å². The number of esters is 1. The molecule has 11 heteroatoms. The first kappa shape index (κ1) is 24.9. The summed E-state index contributed by atoms with van der Waals surface area (Å²) in [7, 11) is 0. The number of amides is 1. The van der Waals surface area contributed by atoms with Crippen LogP contribution < -0.4 is 10.1 Å². The standard InChI is InChI=1S/C21H20Cl4N2O5/c22-15-6-9-17(10-7-15)31-19(28)18-11-8-16(12-26-18)27(20(29)32-21(23,24)25)30-13-14-4-2-1-3-5-14/h1-7,9-10,16,18,26H,8,11-13H2/t16-,18+/m1/s1. The lowest BCUT2D eigenvalue weighted by molar-refractivity contribution is -0.176. The van der Waals surface area contributed by atoms with Crippen LogP contribution in [0, 0.1) is 0 Å². The number of hydrogen-bond donors (Lipinski definition) is 1. The number of carbonyl (C=O) groups excluding carboxylic acids is 2. The molecule has 0 saturated carbocycles. The monoisotopic (exact) mass is 520 g/mol. The van der Waals surface area contributed by atoms with Crippen LogP contribution in [0.2, 0.25) is 5.02 Å². The molecule has 0 aliphatic carbocycles. The van der Waals surface area contributed by atoms with E-state index < -0.39 is 28.1 Å².